The topological polar surface area (TPSA) is 33.2 Å². The number of halogens is 1. The first-order valence-electron chi connectivity index (χ1n) is 11.7. The summed E-state index contributed by atoms with van der Waals surface area (Å²) in [5.41, 5.74) is 4.95. The fourth-order valence-corrected chi connectivity index (χ4v) is 6.41. The van der Waals surface area contributed by atoms with Crippen LogP contribution in [0.15, 0.2) is 53.4 Å². The molecule has 1 saturated heterocycles. The standard InChI is InChI=1S/C27H29ClN2OS/c28-21-10-11-25-23(17-21)27(22-8-4-5-9-24(22)29-25)32-18-26(31)30-14-12-20(13-15-30)16-19-6-2-1-3-7-19/h1-3,6-7,10-11,17,20H,4-5,8-9,12-16,18H2. The van der Waals surface area contributed by atoms with Gasteiger partial charge in [-0.3, -0.25) is 9.78 Å². The maximum Gasteiger partial charge on any atom is 0.232 e. The maximum atomic E-state index is 13.1. The van der Waals surface area contributed by atoms with Gasteiger partial charge < -0.3 is 4.90 Å². The molecule has 2 aliphatic rings. The molecule has 0 spiro atoms. The lowest BCUT2D eigenvalue weighted by Gasteiger charge is -2.32. The first-order valence-corrected chi connectivity index (χ1v) is 13.1. The second-order valence-corrected chi connectivity index (χ2v) is 10.5. The van der Waals surface area contributed by atoms with Crippen LogP contribution in [0.5, 0.6) is 0 Å². The molecule has 0 saturated carbocycles. The number of fused-ring (bicyclic) bond motifs is 2. The number of hydrogen-bond acceptors (Lipinski definition) is 3. The minimum atomic E-state index is 0.254. The highest BCUT2D eigenvalue weighted by Crippen LogP contribution is 2.37. The number of carbonyl (C=O) groups is 1. The molecule has 32 heavy (non-hydrogen) atoms. The second-order valence-electron chi connectivity index (χ2n) is 9.04. The van der Waals surface area contributed by atoms with Gasteiger partial charge in [0, 0.05) is 34.1 Å². The zero-order valence-corrected chi connectivity index (χ0v) is 19.9. The number of aryl methyl sites for hydroxylation is 1. The van der Waals surface area contributed by atoms with Gasteiger partial charge in [-0.1, -0.05) is 41.9 Å². The summed E-state index contributed by atoms with van der Waals surface area (Å²) in [7, 11) is 0. The summed E-state index contributed by atoms with van der Waals surface area (Å²) in [5.74, 6) is 1.42. The fourth-order valence-electron chi connectivity index (χ4n) is 5.08. The van der Waals surface area contributed by atoms with Crippen LogP contribution in [-0.4, -0.2) is 34.6 Å². The van der Waals surface area contributed by atoms with E-state index in [1.165, 1.54) is 34.6 Å². The van der Waals surface area contributed by atoms with Gasteiger partial charge in [0.25, 0.3) is 0 Å². The minimum absolute atomic E-state index is 0.254. The van der Waals surface area contributed by atoms with Crippen LogP contribution in [0.25, 0.3) is 10.9 Å². The smallest absolute Gasteiger partial charge is 0.232 e. The van der Waals surface area contributed by atoms with E-state index in [0.717, 1.165) is 61.1 Å². The summed E-state index contributed by atoms with van der Waals surface area (Å²) >= 11 is 8.01. The molecule has 0 unspecified atom stereocenters. The number of hydrogen-bond donors (Lipinski definition) is 0. The Labute approximate surface area is 199 Å². The Morgan fingerprint density at radius 2 is 1.84 bits per heavy atom. The lowest BCUT2D eigenvalue weighted by Crippen LogP contribution is -2.39. The number of thioether (sulfide) groups is 1. The van der Waals surface area contributed by atoms with Gasteiger partial charge in [-0.05, 0) is 80.2 Å². The average Bonchev–Trinajstić information content (AvgIpc) is 2.83. The summed E-state index contributed by atoms with van der Waals surface area (Å²) in [5, 5.41) is 1.82. The van der Waals surface area contributed by atoms with E-state index in [1.807, 2.05) is 18.2 Å². The van der Waals surface area contributed by atoms with Gasteiger partial charge in [-0.25, -0.2) is 0 Å². The van der Waals surface area contributed by atoms with E-state index in [4.69, 9.17) is 16.6 Å². The number of rotatable bonds is 5. The SMILES string of the molecule is O=C(CSc1c2c(nc3ccc(Cl)cc13)CCCC2)N1CCC(Cc2ccccc2)CC1. The zero-order valence-electron chi connectivity index (χ0n) is 18.4. The Kier molecular flexibility index (Phi) is 6.70. The summed E-state index contributed by atoms with van der Waals surface area (Å²) in [6, 6.07) is 16.6. The molecule has 2 heterocycles. The van der Waals surface area contributed by atoms with E-state index in [2.05, 4.69) is 35.2 Å². The molecule has 3 aromatic rings. The van der Waals surface area contributed by atoms with Crippen molar-refractivity contribution in [1.29, 1.82) is 0 Å². The van der Waals surface area contributed by atoms with Crippen molar-refractivity contribution in [2.75, 3.05) is 18.8 Å². The number of amides is 1. The van der Waals surface area contributed by atoms with Gasteiger partial charge in [0.15, 0.2) is 0 Å². The number of likely N-dealkylation sites (tertiary alicyclic amines) is 1. The lowest BCUT2D eigenvalue weighted by molar-refractivity contribution is -0.129. The maximum absolute atomic E-state index is 13.1. The van der Waals surface area contributed by atoms with E-state index in [1.54, 1.807) is 11.8 Å². The lowest BCUT2D eigenvalue weighted by atomic mass is 9.90. The van der Waals surface area contributed by atoms with Crippen LogP contribution in [0.3, 0.4) is 0 Å². The fraction of sp³-hybridized carbons (Fsp3) is 0.407. The molecule has 0 N–H and O–H groups in total. The molecule has 1 aromatic heterocycles. The number of carbonyl (C=O) groups excluding carboxylic acids is 1. The van der Waals surface area contributed by atoms with Crippen LogP contribution in [-0.2, 0) is 24.1 Å². The highest BCUT2D eigenvalue weighted by molar-refractivity contribution is 8.00. The van der Waals surface area contributed by atoms with Crippen molar-refractivity contribution in [3.63, 3.8) is 0 Å². The first kappa shape index (κ1) is 21.8. The van der Waals surface area contributed by atoms with Gasteiger partial charge in [0.2, 0.25) is 5.91 Å². The molecule has 0 bridgehead atoms. The van der Waals surface area contributed by atoms with Crippen molar-refractivity contribution in [3.05, 3.63) is 70.4 Å². The Bertz CT molecular complexity index is 1110. The molecule has 5 heteroatoms. The number of pyridine rings is 1. The van der Waals surface area contributed by atoms with Crippen molar-refractivity contribution >= 4 is 40.2 Å². The average molecular weight is 465 g/mol. The molecule has 3 nitrogen and oxygen atoms in total. The van der Waals surface area contributed by atoms with Crippen molar-refractivity contribution in [2.24, 2.45) is 5.92 Å². The van der Waals surface area contributed by atoms with Gasteiger partial charge >= 0.3 is 0 Å². The molecular weight excluding hydrogens is 436 g/mol. The largest absolute Gasteiger partial charge is 0.342 e. The molecule has 0 radical (unpaired) electrons. The van der Waals surface area contributed by atoms with Gasteiger partial charge in [-0.2, -0.15) is 0 Å². The van der Waals surface area contributed by atoms with Crippen molar-refractivity contribution in [1.82, 2.24) is 9.88 Å². The Morgan fingerprint density at radius 3 is 2.66 bits per heavy atom. The van der Waals surface area contributed by atoms with Crippen LogP contribution in [0.2, 0.25) is 5.02 Å². The predicted octanol–water partition coefficient (Wildman–Crippen LogP) is 6.34. The molecule has 5 rings (SSSR count). The van der Waals surface area contributed by atoms with Crippen molar-refractivity contribution in [2.45, 2.75) is 49.8 Å². The molecular formula is C27H29ClN2OS. The van der Waals surface area contributed by atoms with Crippen LogP contribution in [0.1, 0.15) is 42.5 Å². The Morgan fingerprint density at radius 1 is 1.06 bits per heavy atom. The number of benzene rings is 2. The summed E-state index contributed by atoms with van der Waals surface area (Å²) < 4.78 is 0. The Balaban J connectivity index is 1.25. The molecule has 166 valence electrons. The normalized spacial score (nSPS) is 16.8. The molecule has 1 aliphatic heterocycles. The van der Waals surface area contributed by atoms with E-state index in [9.17, 15) is 4.79 Å². The Hall–Kier alpha value is -2.04. The summed E-state index contributed by atoms with van der Waals surface area (Å²) in [4.78, 5) is 21.3. The predicted molar refractivity (Wildman–Crippen MR) is 134 cm³/mol. The van der Waals surface area contributed by atoms with Crippen LogP contribution >= 0.6 is 23.4 Å². The van der Waals surface area contributed by atoms with E-state index in [0.29, 0.717) is 11.7 Å². The summed E-state index contributed by atoms with van der Waals surface area (Å²) in [6.45, 7) is 1.75. The van der Waals surface area contributed by atoms with E-state index < -0.39 is 0 Å². The number of aromatic nitrogens is 1. The second kappa shape index (κ2) is 9.84. The first-order chi connectivity index (χ1) is 15.7. The van der Waals surface area contributed by atoms with Gasteiger partial charge in [-0.15, -0.1) is 11.8 Å². The van der Waals surface area contributed by atoms with Crippen LogP contribution < -0.4 is 0 Å². The molecule has 1 aliphatic carbocycles. The summed E-state index contributed by atoms with van der Waals surface area (Å²) in [6.07, 6.45) is 7.77. The highest BCUT2D eigenvalue weighted by Gasteiger charge is 2.24. The van der Waals surface area contributed by atoms with Gasteiger partial charge in [0.1, 0.15) is 0 Å². The number of nitrogens with zero attached hydrogens (tertiary/aromatic N) is 2. The van der Waals surface area contributed by atoms with Crippen molar-refractivity contribution in [3.8, 4) is 0 Å². The van der Waals surface area contributed by atoms with Gasteiger partial charge in [0.05, 0.1) is 11.3 Å². The van der Waals surface area contributed by atoms with E-state index in [-0.39, 0.29) is 5.91 Å². The third-order valence-corrected chi connectivity index (χ3v) is 8.23. The molecule has 2 aromatic carbocycles. The third-order valence-electron chi connectivity index (χ3n) is 6.85. The molecule has 1 amide bonds. The quantitative estimate of drug-likeness (QED) is 0.413. The molecule has 0 atom stereocenters. The zero-order chi connectivity index (χ0) is 21.9. The third kappa shape index (κ3) is 4.82. The van der Waals surface area contributed by atoms with Crippen molar-refractivity contribution < 1.29 is 4.79 Å². The van der Waals surface area contributed by atoms with E-state index >= 15 is 0 Å². The molecule has 1 fully saturated rings. The monoisotopic (exact) mass is 464 g/mol. The van der Waals surface area contributed by atoms with Crippen LogP contribution in [0.4, 0.5) is 0 Å². The minimum Gasteiger partial charge on any atom is -0.342 e. The van der Waals surface area contributed by atoms with Crippen LogP contribution in [0, 0.1) is 5.92 Å². The highest BCUT2D eigenvalue weighted by atomic mass is 35.5. The number of piperidine rings is 1.